The number of benzene rings is 2. The van der Waals surface area contributed by atoms with Crippen LogP contribution < -0.4 is 16.0 Å². The Bertz CT molecular complexity index is 1230. The van der Waals surface area contributed by atoms with Crippen LogP contribution in [0.3, 0.4) is 0 Å². The normalized spacial score (nSPS) is 11.6. The first-order chi connectivity index (χ1) is 24.9. The third kappa shape index (κ3) is 22.7. The quantitative estimate of drug-likeness (QED) is 0.103. The summed E-state index contributed by atoms with van der Waals surface area (Å²) in [6, 6.07) is 17.3. The van der Waals surface area contributed by atoms with Gasteiger partial charge in [-0.3, -0.25) is 24.5 Å². The number of unbranched alkanes of at least 4 members (excludes halogenated alkanes) is 2. The Hall–Kier alpha value is -3.72. The summed E-state index contributed by atoms with van der Waals surface area (Å²) in [5.74, 6) is -1.82. The molecule has 0 spiro atoms. The average Bonchev–Trinajstić information content (AvgIpc) is 3.13. The van der Waals surface area contributed by atoms with Crippen molar-refractivity contribution in [2.75, 3.05) is 86.8 Å². The van der Waals surface area contributed by atoms with Crippen molar-refractivity contribution in [1.82, 2.24) is 16.0 Å². The Balaban J connectivity index is 1.76. The SMILES string of the molecule is COCCOCCOCC(=O)NCCCC[C@H](NC(=O)COCCOCCOC)C(=O)NC(=O)Cc1ccc(CCCCc2ccccc2)cc1. The topological polar surface area (TPSA) is 160 Å². The van der Waals surface area contributed by atoms with Gasteiger partial charge in [0.2, 0.25) is 23.6 Å². The third-order valence-electron chi connectivity index (χ3n) is 7.64. The van der Waals surface area contributed by atoms with Crippen LogP contribution in [-0.2, 0) is 66.9 Å². The van der Waals surface area contributed by atoms with E-state index in [1.807, 2.05) is 30.3 Å². The molecular weight excluding hydrogens is 658 g/mol. The number of carbonyl (C=O) groups excluding carboxylic acids is 4. The molecule has 2 aromatic carbocycles. The monoisotopic (exact) mass is 715 g/mol. The molecule has 0 saturated heterocycles. The molecule has 4 amide bonds. The highest BCUT2D eigenvalue weighted by atomic mass is 16.5. The van der Waals surface area contributed by atoms with Gasteiger partial charge >= 0.3 is 0 Å². The second-order valence-corrected chi connectivity index (χ2v) is 11.9. The van der Waals surface area contributed by atoms with E-state index in [-0.39, 0.29) is 45.2 Å². The minimum absolute atomic E-state index is 0.0280. The van der Waals surface area contributed by atoms with Gasteiger partial charge in [0.1, 0.15) is 19.3 Å². The molecule has 0 unspecified atom stereocenters. The van der Waals surface area contributed by atoms with E-state index < -0.39 is 23.8 Å². The minimum Gasteiger partial charge on any atom is -0.382 e. The highest BCUT2D eigenvalue weighted by Crippen LogP contribution is 2.11. The van der Waals surface area contributed by atoms with Crippen molar-refractivity contribution in [2.24, 2.45) is 0 Å². The van der Waals surface area contributed by atoms with Gasteiger partial charge in [-0.2, -0.15) is 0 Å². The maximum Gasteiger partial charge on any atom is 0.249 e. The van der Waals surface area contributed by atoms with Gasteiger partial charge in [0.15, 0.2) is 0 Å². The molecule has 1 atom stereocenters. The Labute approximate surface area is 302 Å². The van der Waals surface area contributed by atoms with Crippen molar-refractivity contribution in [3.05, 3.63) is 71.3 Å². The van der Waals surface area contributed by atoms with Gasteiger partial charge in [0.25, 0.3) is 0 Å². The van der Waals surface area contributed by atoms with Crippen LogP contribution in [0, 0.1) is 0 Å². The number of amides is 4. The number of carbonyl (C=O) groups is 4. The molecule has 0 aliphatic carbocycles. The Kier molecular flexibility index (Phi) is 24.6. The van der Waals surface area contributed by atoms with Gasteiger partial charge in [-0.05, 0) is 61.6 Å². The molecule has 0 aliphatic rings. The number of aryl methyl sites for hydroxylation is 2. The van der Waals surface area contributed by atoms with Crippen molar-refractivity contribution < 1.29 is 47.6 Å². The largest absolute Gasteiger partial charge is 0.382 e. The molecule has 2 aromatic rings. The van der Waals surface area contributed by atoms with E-state index in [9.17, 15) is 19.2 Å². The number of rotatable bonds is 30. The van der Waals surface area contributed by atoms with Gasteiger partial charge in [-0.1, -0.05) is 54.6 Å². The number of hydrogen-bond donors (Lipinski definition) is 3. The van der Waals surface area contributed by atoms with E-state index in [4.69, 9.17) is 28.4 Å². The lowest BCUT2D eigenvalue weighted by molar-refractivity contribution is -0.135. The van der Waals surface area contributed by atoms with Gasteiger partial charge in [0, 0.05) is 20.8 Å². The lowest BCUT2D eigenvalue weighted by atomic mass is 10.0. The lowest BCUT2D eigenvalue weighted by Crippen LogP contribution is -2.49. The first-order valence-electron chi connectivity index (χ1n) is 17.7. The van der Waals surface area contributed by atoms with Crippen LogP contribution in [0.5, 0.6) is 0 Å². The number of ether oxygens (including phenoxy) is 6. The van der Waals surface area contributed by atoms with E-state index >= 15 is 0 Å². The molecule has 0 heterocycles. The van der Waals surface area contributed by atoms with Crippen LogP contribution in [0.15, 0.2) is 54.6 Å². The zero-order valence-electron chi connectivity index (χ0n) is 30.3. The number of nitrogens with one attached hydrogen (secondary N) is 3. The summed E-state index contributed by atoms with van der Waals surface area (Å²) in [4.78, 5) is 50.6. The van der Waals surface area contributed by atoms with E-state index in [0.717, 1.165) is 31.2 Å². The fourth-order valence-electron chi connectivity index (χ4n) is 4.89. The zero-order valence-corrected chi connectivity index (χ0v) is 30.3. The molecule has 0 aromatic heterocycles. The molecule has 13 heteroatoms. The maximum atomic E-state index is 13.1. The van der Waals surface area contributed by atoms with E-state index in [1.54, 1.807) is 14.2 Å². The van der Waals surface area contributed by atoms with Gasteiger partial charge in [-0.25, -0.2) is 0 Å². The summed E-state index contributed by atoms with van der Waals surface area (Å²) in [5, 5.41) is 7.88. The van der Waals surface area contributed by atoms with Crippen LogP contribution >= 0.6 is 0 Å². The van der Waals surface area contributed by atoms with Crippen molar-refractivity contribution in [1.29, 1.82) is 0 Å². The lowest BCUT2D eigenvalue weighted by Gasteiger charge is -2.18. The molecule has 0 aliphatic heterocycles. The maximum absolute atomic E-state index is 13.1. The molecular formula is C38H57N3O10. The summed E-state index contributed by atoms with van der Waals surface area (Å²) in [5.41, 5.74) is 3.32. The standard InChI is InChI=1S/C38H57N3O10/c1-46-20-22-48-24-26-50-29-36(43)39-19-9-8-14-34(40-37(44)30-51-27-25-49-23-21-47-2)38(45)41-35(42)28-33-17-15-32(16-18-33)13-7-6-12-31-10-4-3-5-11-31/h3-5,10-11,15-18,34H,6-9,12-14,19-30H2,1-2H3,(H,39,43)(H,40,44)(H,41,42,45)/t34-/m0/s1. The summed E-state index contributed by atoms with van der Waals surface area (Å²) in [6.07, 6.45) is 5.50. The fraction of sp³-hybridized carbons (Fsp3) is 0.579. The number of methoxy groups -OCH3 is 2. The van der Waals surface area contributed by atoms with Gasteiger partial charge in [-0.15, -0.1) is 0 Å². The van der Waals surface area contributed by atoms with Crippen LogP contribution in [0.2, 0.25) is 0 Å². The molecule has 2 rings (SSSR count). The highest BCUT2D eigenvalue weighted by Gasteiger charge is 2.22. The second-order valence-electron chi connectivity index (χ2n) is 11.9. The summed E-state index contributed by atoms with van der Waals surface area (Å²) < 4.78 is 31.1. The van der Waals surface area contributed by atoms with Crippen molar-refractivity contribution in [3.63, 3.8) is 0 Å². The predicted molar refractivity (Wildman–Crippen MR) is 192 cm³/mol. The van der Waals surface area contributed by atoms with Crippen LogP contribution in [-0.4, -0.2) is 117 Å². The van der Waals surface area contributed by atoms with Crippen molar-refractivity contribution in [2.45, 2.75) is 57.4 Å². The summed E-state index contributed by atoms with van der Waals surface area (Å²) >= 11 is 0. The molecule has 0 fully saturated rings. The fourth-order valence-corrected chi connectivity index (χ4v) is 4.89. The van der Waals surface area contributed by atoms with E-state index in [1.165, 1.54) is 11.1 Å². The summed E-state index contributed by atoms with van der Waals surface area (Å²) in [6.45, 7) is 2.98. The first kappa shape index (κ1) is 43.4. The van der Waals surface area contributed by atoms with Crippen LogP contribution in [0.25, 0.3) is 0 Å². The Morgan fingerprint density at radius 2 is 1.10 bits per heavy atom. The van der Waals surface area contributed by atoms with Crippen LogP contribution in [0.4, 0.5) is 0 Å². The Morgan fingerprint density at radius 3 is 1.71 bits per heavy atom. The van der Waals surface area contributed by atoms with Gasteiger partial charge in [0.05, 0.1) is 59.3 Å². The molecule has 51 heavy (non-hydrogen) atoms. The molecule has 0 radical (unpaired) electrons. The molecule has 0 saturated carbocycles. The highest BCUT2D eigenvalue weighted by molar-refractivity contribution is 5.99. The summed E-state index contributed by atoms with van der Waals surface area (Å²) in [7, 11) is 3.17. The molecule has 3 N–H and O–H groups in total. The van der Waals surface area contributed by atoms with Crippen LogP contribution in [0.1, 0.15) is 48.8 Å². The predicted octanol–water partition coefficient (Wildman–Crippen LogP) is 2.57. The van der Waals surface area contributed by atoms with Crippen molar-refractivity contribution in [3.8, 4) is 0 Å². The second kappa shape index (κ2) is 28.9. The number of hydrogen-bond acceptors (Lipinski definition) is 10. The number of imide groups is 1. The smallest absolute Gasteiger partial charge is 0.249 e. The molecule has 13 nitrogen and oxygen atoms in total. The molecule has 284 valence electrons. The molecule has 0 bridgehead atoms. The zero-order chi connectivity index (χ0) is 36.8. The van der Waals surface area contributed by atoms with E-state index in [2.05, 4.69) is 40.2 Å². The van der Waals surface area contributed by atoms with Crippen molar-refractivity contribution >= 4 is 23.6 Å². The third-order valence-corrected chi connectivity index (χ3v) is 7.64. The van der Waals surface area contributed by atoms with Gasteiger partial charge < -0.3 is 39.1 Å². The first-order valence-corrected chi connectivity index (χ1v) is 17.7. The minimum atomic E-state index is -0.960. The van der Waals surface area contributed by atoms with E-state index in [0.29, 0.717) is 59.0 Å². The average molecular weight is 716 g/mol. The Morgan fingerprint density at radius 1 is 0.569 bits per heavy atom.